The van der Waals surface area contributed by atoms with Crippen LogP contribution in [0.15, 0.2) is 0 Å². The zero-order valence-corrected chi connectivity index (χ0v) is 14.6. The number of rotatable bonds is 12. The van der Waals surface area contributed by atoms with Gasteiger partial charge in [0.25, 0.3) is 0 Å². The van der Waals surface area contributed by atoms with E-state index in [0.717, 1.165) is 0 Å². The molecule has 33 heavy (non-hydrogen) atoms. The van der Waals surface area contributed by atoms with Gasteiger partial charge in [-0.25, -0.2) is 23.0 Å². The third-order valence-corrected chi connectivity index (χ3v) is 3.08. The maximum absolute atomic E-state index is 13.8. The van der Waals surface area contributed by atoms with Gasteiger partial charge in [-0.2, -0.15) is 43.9 Å². The molecule has 0 unspecified atom stereocenters. The van der Waals surface area contributed by atoms with Crippen molar-refractivity contribution >= 4 is 0 Å². The van der Waals surface area contributed by atoms with Gasteiger partial charge in [-0.3, -0.25) is 0 Å². The summed E-state index contributed by atoms with van der Waals surface area (Å²) in [5, 5.41) is 0. The van der Waals surface area contributed by atoms with E-state index < -0.39 is 68.6 Å². The molecule has 0 aliphatic rings. The predicted molar refractivity (Wildman–Crippen MR) is 60.4 cm³/mol. The summed E-state index contributed by atoms with van der Waals surface area (Å²) in [7, 11) is 0. The van der Waals surface area contributed by atoms with E-state index in [2.05, 4.69) is 4.74 Å². The fraction of sp³-hybridized carbons (Fsp3) is 1.00. The highest BCUT2D eigenvalue weighted by atomic mass is 19.4. The van der Waals surface area contributed by atoms with Crippen LogP contribution < -0.4 is 0 Å². The maximum atomic E-state index is 13.8. The second-order valence-electron chi connectivity index (χ2n) is 5.62. The first kappa shape index (κ1) is 31.6. The maximum Gasteiger partial charge on any atom is 0.527 e. The number of halogens is 18. The van der Waals surface area contributed by atoms with Crippen molar-refractivity contribution in [2.75, 3.05) is 20.0 Å². The predicted octanol–water partition coefficient (Wildman–Crippen LogP) is 5.98. The van der Waals surface area contributed by atoms with Gasteiger partial charge in [-0.15, -0.1) is 26.3 Å². The van der Waals surface area contributed by atoms with E-state index >= 15 is 0 Å². The molecular formula is C11H6F18O4. The zero-order chi connectivity index (χ0) is 26.9. The lowest BCUT2D eigenvalue weighted by Crippen LogP contribution is -2.59. The smallest absolute Gasteiger partial charge is 0.312 e. The Morgan fingerprint density at radius 2 is 0.697 bits per heavy atom. The lowest BCUT2D eigenvalue weighted by atomic mass is 9.90. The first-order valence-electron chi connectivity index (χ1n) is 7.09. The number of ether oxygens (including phenoxy) is 4. The third kappa shape index (κ3) is 7.80. The Labute approximate surface area is 168 Å². The van der Waals surface area contributed by atoms with Crippen molar-refractivity contribution in [3.63, 3.8) is 0 Å². The molecular weight excluding hydrogens is 538 g/mol. The highest BCUT2D eigenvalue weighted by Gasteiger charge is 2.72. The molecule has 0 atom stereocenters. The van der Waals surface area contributed by atoms with Gasteiger partial charge in [-0.1, -0.05) is 0 Å². The van der Waals surface area contributed by atoms with Crippen LogP contribution in [0.3, 0.4) is 0 Å². The minimum atomic E-state index is -7.13. The molecule has 0 rings (SSSR count). The monoisotopic (exact) mass is 544 g/mol. The molecule has 0 aromatic heterocycles. The third-order valence-electron chi connectivity index (χ3n) is 3.08. The number of hydrogen-bond acceptors (Lipinski definition) is 4. The summed E-state index contributed by atoms with van der Waals surface area (Å²) in [6, 6.07) is 0. The molecule has 0 fully saturated rings. The van der Waals surface area contributed by atoms with Crippen molar-refractivity contribution in [1.29, 1.82) is 0 Å². The van der Waals surface area contributed by atoms with Gasteiger partial charge in [0.2, 0.25) is 0 Å². The minimum absolute atomic E-state index is 1.52. The fourth-order valence-corrected chi connectivity index (χ4v) is 1.40. The highest BCUT2D eigenvalue weighted by molar-refractivity contribution is 4.89. The van der Waals surface area contributed by atoms with E-state index in [0.29, 0.717) is 0 Å². The largest absolute Gasteiger partial charge is 0.527 e. The average molecular weight is 544 g/mol. The zero-order valence-electron chi connectivity index (χ0n) is 14.6. The molecule has 0 aromatic rings. The van der Waals surface area contributed by atoms with Gasteiger partial charge in [0, 0.05) is 0 Å². The lowest BCUT2D eigenvalue weighted by molar-refractivity contribution is -0.541. The standard InChI is InChI=1S/C11H6F18O4/c12-1-4(2-13,3-30-6(16,17)7(18,19)32-10(24,25)26)5(14,15)31-8(20,21)9(22,23)33-11(27,28)29/h1-3H2. The number of hydrogen-bond donors (Lipinski definition) is 0. The molecule has 0 aromatic carbocycles. The quantitative estimate of drug-likeness (QED) is 0.284. The Morgan fingerprint density at radius 1 is 0.394 bits per heavy atom. The highest BCUT2D eigenvalue weighted by Crippen LogP contribution is 2.50. The summed E-state index contributed by atoms with van der Waals surface area (Å²) in [4.78, 5) is 0. The first-order chi connectivity index (χ1) is 14.2. The van der Waals surface area contributed by atoms with Crippen LogP contribution in [0.1, 0.15) is 0 Å². The summed E-state index contributed by atoms with van der Waals surface area (Å²) in [6.07, 6.45) is -47.4. The Hall–Kier alpha value is -1.42. The van der Waals surface area contributed by atoms with Gasteiger partial charge in [0.1, 0.15) is 18.8 Å². The van der Waals surface area contributed by atoms with Crippen LogP contribution in [0.25, 0.3) is 0 Å². The Bertz CT molecular complexity index is 636. The Morgan fingerprint density at radius 3 is 1.00 bits per heavy atom. The van der Waals surface area contributed by atoms with Crippen LogP contribution in [0.5, 0.6) is 0 Å². The minimum Gasteiger partial charge on any atom is -0.312 e. The summed E-state index contributed by atoms with van der Waals surface area (Å²) < 4.78 is 235. The molecule has 0 N–H and O–H groups in total. The van der Waals surface area contributed by atoms with E-state index in [1.54, 1.807) is 4.74 Å². The van der Waals surface area contributed by atoms with Gasteiger partial charge in [-0.05, 0) is 0 Å². The topological polar surface area (TPSA) is 36.9 Å². The molecule has 0 aliphatic heterocycles. The normalized spacial score (nSPS) is 15.8. The van der Waals surface area contributed by atoms with E-state index in [1.807, 2.05) is 4.74 Å². The molecule has 0 amide bonds. The van der Waals surface area contributed by atoms with Gasteiger partial charge >= 0.3 is 43.3 Å². The summed E-state index contributed by atoms with van der Waals surface area (Å²) >= 11 is 0. The van der Waals surface area contributed by atoms with Gasteiger partial charge in [0.15, 0.2) is 0 Å². The van der Waals surface area contributed by atoms with Crippen LogP contribution >= 0.6 is 0 Å². The van der Waals surface area contributed by atoms with Crippen LogP contribution in [0.2, 0.25) is 0 Å². The average Bonchev–Trinajstić information content (AvgIpc) is 2.49. The second-order valence-corrected chi connectivity index (χ2v) is 5.62. The molecule has 22 heteroatoms. The summed E-state index contributed by atoms with van der Waals surface area (Å²) in [5.74, 6) is 0. The van der Waals surface area contributed by atoms with Crippen LogP contribution in [0.4, 0.5) is 79.0 Å². The van der Waals surface area contributed by atoms with Gasteiger partial charge in [0.05, 0.1) is 6.61 Å². The van der Waals surface area contributed by atoms with E-state index in [9.17, 15) is 79.0 Å². The Balaban J connectivity index is 5.92. The summed E-state index contributed by atoms with van der Waals surface area (Å²) in [6.45, 7) is -9.86. The van der Waals surface area contributed by atoms with E-state index in [1.165, 1.54) is 4.74 Å². The van der Waals surface area contributed by atoms with Crippen LogP contribution in [0, 0.1) is 5.41 Å². The SMILES string of the molecule is FCC(CF)(COC(F)(F)C(F)(F)OC(F)(F)F)C(F)(F)OC(F)(F)C(F)(F)OC(F)(F)F. The van der Waals surface area contributed by atoms with Crippen molar-refractivity contribution in [2.24, 2.45) is 5.41 Å². The number of alkyl halides is 18. The van der Waals surface area contributed by atoms with E-state index in [-0.39, 0.29) is 0 Å². The summed E-state index contributed by atoms with van der Waals surface area (Å²) in [5.41, 5.74) is -5.03. The molecule has 0 saturated carbocycles. The van der Waals surface area contributed by atoms with Crippen molar-refractivity contribution < 1.29 is 98.0 Å². The molecule has 4 nitrogen and oxygen atoms in total. The molecule has 0 heterocycles. The molecule has 0 saturated heterocycles. The molecule has 0 spiro atoms. The fourth-order valence-electron chi connectivity index (χ4n) is 1.40. The van der Waals surface area contributed by atoms with Crippen molar-refractivity contribution in [2.45, 2.75) is 43.3 Å². The van der Waals surface area contributed by atoms with Gasteiger partial charge < -0.3 is 4.74 Å². The molecule has 0 aliphatic carbocycles. The molecule has 0 radical (unpaired) electrons. The van der Waals surface area contributed by atoms with E-state index in [4.69, 9.17) is 0 Å². The van der Waals surface area contributed by atoms with Crippen LogP contribution in [-0.2, 0) is 18.9 Å². The van der Waals surface area contributed by atoms with Crippen molar-refractivity contribution in [3.8, 4) is 0 Å². The second kappa shape index (κ2) is 9.32. The first-order valence-corrected chi connectivity index (χ1v) is 7.09. The molecule has 200 valence electrons. The lowest BCUT2D eigenvalue weighted by Gasteiger charge is -2.39. The van der Waals surface area contributed by atoms with Crippen molar-refractivity contribution in [3.05, 3.63) is 0 Å². The van der Waals surface area contributed by atoms with Crippen LogP contribution in [-0.4, -0.2) is 63.2 Å². The Kier molecular flexibility index (Phi) is 8.92. The molecule has 0 bridgehead atoms. The van der Waals surface area contributed by atoms with Crippen molar-refractivity contribution in [1.82, 2.24) is 0 Å².